The van der Waals surface area contributed by atoms with Gasteiger partial charge in [0, 0.05) is 5.39 Å². The highest BCUT2D eigenvalue weighted by Gasteiger charge is 2.19. The summed E-state index contributed by atoms with van der Waals surface area (Å²) in [6, 6.07) is 25.3. The molecular weight excluding hydrogens is 376 g/mol. The van der Waals surface area contributed by atoms with Crippen LogP contribution in [0, 0.1) is 6.92 Å². The molecule has 0 spiro atoms. The van der Waals surface area contributed by atoms with Crippen molar-refractivity contribution in [2.24, 2.45) is 0 Å². The van der Waals surface area contributed by atoms with Gasteiger partial charge in [0.15, 0.2) is 0 Å². The third kappa shape index (κ3) is 4.32. The second-order valence-electron chi connectivity index (χ2n) is 7.35. The zero-order chi connectivity index (χ0) is 20.9. The van der Waals surface area contributed by atoms with E-state index < -0.39 is 6.10 Å². The van der Waals surface area contributed by atoms with Gasteiger partial charge in [-0.25, -0.2) is 4.68 Å². The first-order chi connectivity index (χ1) is 14.6. The predicted molar refractivity (Wildman–Crippen MR) is 117 cm³/mol. The first-order valence-electron chi connectivity index (χ1n) is 9.98. The Balaban J connectivity index is 1.52. The first kappa shape index (κ1) is 20.0. The van der Waals surface area contributed by atoms with Crippen LogP contribution in [-0.4, -0.2) is 27.6 Å². The minimum Gasteiger partial charge on any atom is -0.389 e. The Labute approximate surface area is 175 Å². The Morgan fingerprint density at radius 3 is 2.47 bits per heavy atom. The van der Waals surface area contributed by atoms with Crippen LogP contribution in [0.2, 0.25) is 0 Å². The lowest BCUT2D eigenvalue weighted by Crippen LogP contribution is -2.31. The summed E-state index contributed by atoms with van der Waals surface area (Å²) < 4.78 is 7.46. The van der Waals surface area contributed by atoms with Crippen LogP contribution in [-0.2, 0) is 11.3 Å². The Hall–Kier alpha value is -3.28. The molecule has 5 nitrogen and oxygen atoms in total. The third-order valence-electron chi connectivity index (χ3n) is 5.17. The van der Waals surface area contributed by atoms with Crippen molar-refractivity contribution in [1.82, 2.24) is 9.78 Å². The number of aryl methyl sites for hydroxylation is 1. The smallest absolute Gasteiger partial charge is 0.274 e. The lowest BCUT2D eigenvalue weighted by Gasteiger charge is -2.22. The summed E-state index contributed by atoms with van der Waals surface area (Å²) in [7, 11) is 0. The predicted octanol–water partition coefficient (Wildman–Crippen LogP) is 3.87. The number of ether oxygens (including phenoxy) is 1. The summed E-state index contributed by atoms with van der Waals surface area (Å²) in [5, 5.41) is 16.2. The van der Waals surface area contributed by atoms with E-state index in [4.69, 9.17) is 4.74 Å². The lowest BCUT2D eigenvalue weighted by atomic mass is 9.97. The van der Waals surface area contributed by atoms with Crippen molar-refractivity contribution in [2.75, 3.05) is 6.61 Å². The fourth-order valence-corrected chi connectivity index (χ4v) is 3.59. The van der Waals surface area contributed by atoms with Gasteiger partial charge in [0.25, 0.3) is 5.56 Å². The summed E-state index contributed by atoms with van der Waals surface area (Å²) in [5.74, 6) is 0. The molecule has 1 aromatic heterocycles. The zero-order valence-electron chi connectivity index (χ0n) is 16.8. The van der Waals surface area contributed by atoms with E-state index in [1.807, 2.05) is 79.7 Å². The van der Waals surface area contributed by atoms with Crippen LogP contribution < -0.4 is 5.56 Å². The molecular formula is C25H24N2O3. The molecule has 0 aliphatic rings. The van der Waals surface area contributed by atoms with Crippen molar-refractivity contribution in [3.63, 3.8) is 0 Å². The lowest BCUT2D eigenvalue weighted by molar-refractivity contribution is -0.00258. The van der Waals surface area contributed by atoms with E-state index in [1.165, 1.54) is 4.68 Å². The Morgan fingerprint density at radius 1 is 0.967 bits per heavy atom. The molecule has 0 aliphatic heterocycles. The minimum atomic E-state index is -0.869. The molecule has 1 heterocycles. The van der Waals surface area contributed by atoms with E-state index in [9.17, 15) is 9.90 Å². The Bertz CT molecular complexity index is 1190. The molecule has 152 valence electrons. The molecule has 0 fully saturated rings. The van der Waals surface area contributed by atoms with E-state index in [0.717, 1.165) is 22.1 Å². The maximum atomic E-state index is 12.6. The summed E-state index contributed by atoms with van der Waals surface area (Å²) in [6.45, 7) is 2.19. The van der Waals surface area contributed by atoms with Gasteiger partial charge in [-0.05, 0) is 29.7 Å². The van der Waals surface area contributed by atoms with Crippen LogP contribution in [0.1, 0.15) is 22.8 Å². The molecule has 1 N–H and O–H groups in total. The van der Waals surface area contributed by atoms with Crippen LogP contribution in [0.15, 0.2) is 89.9 Å². The molecule has 0 bridgehead atoms. The van der Waals surface area contributed by atoms with Crippen molar-refractivity contribution >= 4 is 10.8 Å². The SMILES string of the molecule is Cc1ccccc1C(OCC(O)Cn1ncc2ccccc2c1=O)c1ccccc1. The van der Waals surface area contributed by atoms with Crippen LogP contribution in [0.4, 0.5) is 0 Å². The van der Waals surface area contributed by atoms with Gasteiger partial charge < -0.3 is 9.84 Å². The van der Waals surface area contributed by atoms with Gasteiger partial charge in [0.2, 0.25) is 0 Å². The van der Waals surface area contributed by atoms with E-state index in [2.05, 4.69) is 5.10 Å². The normalized spacial score (nSPS) is 13.3. The summed E-state index contributed by atoms with van der Waals surface area (Å²) >= 11 is 0. The van der Waals surface area contributed by atoms with Crippen molar-refractivity contribution < 1.29 is 9.84 Å². The van der Waals surface area contributed by atoms with Gasteiger partial charge in [-0.2, -0.15) is 5.10 Å². The Kier molecular flexibility index (Phi) is 6.02. The maximum Gasteiger partial charge on any atom is 0.274 e. The number of fused-ring (bicyclic) bond motifs is 1. The molecule has 0 aliphatic carbocycles. The fraction of sp³-hybridized carbons (Fsp3) is 0.200. The van der Waals surface area contributed by atoms with Crippen LogP contribution >= 0.6 is 0 Å². The third-order valence-corrected chi connectivity index (χ3v) is 5.17. The molecule has 30 heavy (non-hydrogen) atoms. The molecule has 0 saturated carbocycles. The number of aliphatic hydroxyl groups is 1. The van der Waals surface area contributed by atoms with Crippen molar-refractivity contribution in [3.8, 4) is 0 Å². The van der Waals surface area contributed by atoms with Crippen LogP contribution in [0.3, 0.4) is 0 Å². The van der Waals surface area contributed by atoms with Gasteiger partial charge in [0.1, 0.15) is 6.10 Å². The zero-order valence-corrected chi connectivity index (χ0v) is 16.8. The number of rotatable bonds is 7. The number of aliphatic hydroxyl groups excluding tert-OH is 1. The molecule has 4 rings (SSSR count). The molecule has 0 saturated heterocycles. The molecule has 2 atom stereocenters. The monoisotopic (exact) mass is 400 g/mol. The van der Waals surface area contributed by atoms with E-state index >= 15 is 0 Å². The highest BCUT2D eigenvalue weighted by atomic mass is 16.5. The van der Waals surface area contributed by atoms with Gasteiger partial charge in [-0.1, -0.05) is 72.8 Å². The minimum absolute atomic E-state index is 0.0684. The molecule has 3 aromatic carbocycles. The van der Waals surface area contributed by atoms with Gasteiger partial charge in [0.05, 0.1) is 30.8 Å². The quantitative estimate of drug-likeness (QED) is 0.511. The van der Waals surface area contributed by atoms with Gasteiger partial charge >= 0.3 is 0 Å². The molecule has 0 amide bonds. The number of nitrogens with zero attached hydrogens (tertiary/aromatic N) is 2. The Morgan fingerprint density at radius 2 is 1.67 bits per heavy atom. The summed E-state index contributed by atoms with van der Waals surface area (Å²) in [6.07, 6.45) is 0.472. The fourth-order valence-electron chi connectivity index (χ4n) is 3.59. The van der Waals surface area contributed by atoms with Gasteiger partial charge in [-0.15, -0.1) is 0 Å². The first-order valence-corrected chi connectivity index (χ1v) is 9.98. The van der Waals surface area contributed by atoms with Crippen molar-refractivity contribution in [3.05, 3.63) is 112 Å². The van der Waals surface area contributed by atoms with Gasteiger partial charge in [-0.3, -0.25) is 4.79 Å². The molecule has 0 radical (unpaired) electrons. The van der Waals surface area contributed by atoms with Crippen LogP contribution in [0.5, 0.6) is 0 Å². The number of aromatic nitrogens is 2. The van der Waals surface area contributed by atoms with Crippen LogP contribution in [0.25, 0.3) is 10.8 Å². The summed E-state index contributed by atoms with van der Waals surface area (Å²) in [4.78, 5) is 12.6. The largest absolute Gasteiger partial charge is 0.389 e. The topological polar surface area (TPSA) is 64.3 Å². The highest BCUT2D eigenvalue weighted by molar-refractivity contribution is 5.80. The number of benzene rings is 3. The molecule has 4 aromatic rings. The number of hydrogen-bond acceptors (Lipinski definition) is 4. The average Bonchev–Trinajstić information content (AvgIpc) is 2.78. The highest BCUT2D eigenvalue weighted by Crippen LogP contribution is 2.28. The molecule has 5 heteroatoms. The van der Waals surface area contributed by atoms with Crippen molar-refractivity contribution in [1.29, 1.82) is 0 Å². The standard InChI is InChI=1S/C25H24N2O3/c1-18-9-5-7-13-22(18)24(19-10-3-2-4-11-19)30-17-21(28)16-27-25(29)23-14-8-6-12-20(23)15-26-27/h2-15,21,24,28H,16-17H2,1H3. The summed E-state index contributed by atoms with van der Waals surface area (Å²) in [5.41, 5.74) is 2.97. The van der Waals surface area contributed by atoms with Crippen molar-refractivity contribution in [2.45, 2.75) is 25.7 Å². The maximum absolute atomic E-state index is 12.6. The van der Waals surface area contributed by atoms with E-state index in [1.54, 1.807) is 12.3 Å². The molecule has 2 unspecified atom stereocenters. The second-order valence-corrected chi connectivity index (χ2v) is 7.35. The van der Waals surface area contributed by atoms with E-state index in [0.29, 0.717) is 5.39 Å². The second kappa shape index (κ2) is 9.03. The number of hydrogen-bond donors (Lipinski definition) is 1. The van der Waals surface area contributed by atoms with E-state index in [-0.39, 0.29) is 24.8 Å². The average molecular weight is 400 g/mol.